The summed E-state index contributed by atoms with van der Waals surface area (Å²) in [6.45, 7) is 0. The lowest BCUT2D eigenvalue weighted by Crippen LogP contribution is -2.16. The van der Waals surface area contributed by atoms with Gasteiger partial charge in [0, 0.05) is 63.9 Å². The van der Waals surface area contributed by atoms with Crippen LogP contribution >= 0.6 is 82.6 Å². The molecule has 5 aromatic carbocycles. The number of anilines is 1. The van der Waals surface area contributed by atoms with E-state index in [2.05, 4.69) is 80.2 Å². The summed E-state index contributed by atoms with van der Waals surface area (Å²) in [5.41, 5.74) is 12.8. The molecule has 8 nitrogen and oxygen atoms in total. The molecule has 0 fully saturated rings. The number of benzene rings is 5. The van der Waals surface area contributed by atoms with Crippen LogP contribution in [0.2, 0.25) is 15.1 Å². The van der Waals surface area contributed by atoms with Crippen LogP contribution in [0.15, 0.2) is 177 Å². The van der Waals surface area contributed by atoms with Crippen molar-refractivity contribution < 1.29 is 15.1 Å². The number of pyridine rings is 3. The van der Waals surface area contributed by atoms with Crippen molar-refractivity contribution in [3.8, 4) is 0 Å². The molecule has 10 rings (SSSR count). The van der Waals surface area contributed by atoms with Gasteiger partial charge in [0.15, 0.2) is 0 Å². The third-order valence-corrected chi connectivity index (χ3v) is 13.0. The Bertz CT molecular complexity index is 3030. The Hall–Kier alpha value is -5.37. The van der Waals surface area contributed by atoms with E-state index >= 15 is 0 Å². The van der Waals surface area contributed by atoms with Gasteiger partial charge in [-0.25, -0.2) is 9.98 Å². The van der Waals surface area contributed by atoms with Crippen LogP contribution in [0.3, 0.4) is 0 Å². The summed E-state index contributed by atoms with van der Waals surface area (Å²) < 4.78 is 2.74. The molecule has 14 heteroatoms. The smallest absolute Gasteiger partial charge is 0.274 e. The van der Waals surface area contributed by atoms with E-state index in [0.717, 1.165) is 101 Å². The standard InChI is InChI=1S/C20H16BrClN2O.C20H14BrClN2.C14H9BrClNO.H2O/c21-16-12-15(10-9-14-5-4-6-17(22)11-14)19(23-13-16)20(25)24-18-7-2-1-3-8-18;21-15-10-14-7-6-13-11-16(22)8-9-18(13)20(19(14)23-12-15)24-17-4-2-1-3-5-17;15-10-5-9-2-1-8-6-11(16)3-4-12(8)14(18)13(9)17-7-10;/h1-8,11-13H,9-10H2,(H,24,25);1-5,8-12H,6-7H2;3-7H,1-2H2;1H2. The van der Waals surface area contributed by atoms with Crippen LogP contribution in [0.25, 0.3) is 0 Å². The molecule has 8 aromatic rings. The van der Waals surface area contributed by atoms with Gasteiger partial charge in [-0.3, -0.25) is 19.6 Å². The minimum Gasteiger partial charge on any atom is -0.412 e. The molecule has 0 radical (unpaired) electrons. The van der Waals surface area contributed by atoms with Gasteiger partial charge in [0.1, 0.15) is 11.4 Å². The Kier molecular flexibility index (Phi) is 17.7. The number of nitrogens with one attached hydrogen (secondary N) is 1. The van der Waals surface area contributed by atoms with Crippen LogP contribution in [-0.4, -0.2) is 37.8 Å². The highest BCUT2D eigenvalue weighted by atomic mass is 79.9. The van der Waals surface area contributed by atoms with E-state index in [-0.39, 0.29) is 17.2 Å². The monoisotopic (exact) mass is 1150 g/mol. The zero-order chi connectivity index (χ0) is 46.9. The van der Waals surface area contributed by atoms with Crippen LogP contribution in [0.4, 0.5) is 11.4 Å². The molecular formula is C54H41Br3Cl3N5O3. The second kappa shape index (κ2) is 23.8. The fourth-order valence-electron chi connectivity index (χ4n) is 7.85. The molecule has 2 aliphatic rings. The van der Waals surface area contributed by atoms with E-state index in [0.29, 0.717) is 33.4 Å². The zero-order valence-corrected chi connectivity index (χ0v) is 43.2. The van der Waals surface area contributed by atoms with Gasteiger partial charge in [0.2, 0.25) is 5.78 Å². The van der Waals surface area contributed by atoms with Crippen molar-refractivity contribution in [1.82, 2.24) is 15.0 Å². The molecule has 1 amide bonds. The predicted molar refractivity (Wildman–Crippen MR) is 286 cm³/mol. The molecule has 3 aromatic heterocycles. The molecule has 68 heavy (non-hydrogen) atoms. The Labute approximate surface area is 435 Å². The number of ketones is 1. The highest BCUT2D eigenvalue weighted by molar-refractivity contribution is 9.11. The van der Waals surface area contributed by atoms with Crippen molar-refractivity contribution in [1.29, 1.82) is 0 Å². The van der Waals surface area contributed by atoms with Crippen LogP contribution in [0, 0.1) is 0 Å². The van der Waals surface area contributed by atoms with E-state index < -0.39 is 0 Å². The van der Waals surface area contributed by atoms with Gasteiger partial charge in [-0.2, -0.15) is 0 Å². The maximum atomic E-state index is 12.6. The molecule has 2 aliphatic carbocycles. The topological polar surface area (TPSA) is 129 Å². The van der Waals surface area contributed by atoms with Crippen LogP contribution in [0.1, 0.15) is 71.2 Å². The second-order valence-corrected chi connectivity index (χ2v) is 19.7. The van der Waals surface area contributed by atoms with Crippen molar-refractivity contribution in [2.24, 2.45) is 4.99 Å². The highest BCUT2D eigenvalue weighted by Crippen LogP contribution is 2.31. The molecule has 0 saturated carbocycles. The first-order chi connectivity index (χ1) is 32.5. The zero-order valence-electron chi connectivity index (χ0n) is 36.1. The van der Waals surface area contributed by atoms with Gasteiger partial charge in [-0.05, 0) is 205 Å². The van der Waals surface area contributed by atoms with Gasteiger partial charge in [-0.1, -0.05) is 89.4 Å². The first-order valence-corrected chi connectivity index (χ1v) is 24.8. The van der Waals surface area contributed by atoms with Crippen molar-refractivity contribution in [2.45, 2.75) is 38.5 Å². The molecule has 0 unspecified atom stereocenters. The first kappa shape index (κ1) is 50.5. The van der Waals surface area contributed by atoms with Crippen molar-refractivity contribution in [3.63, 3.8) is 0 Å². The molecule has 0 saturated heterocycles. The van der Waals surface area contributed by atoms with Crippen molar-refractivity contribution in [3.05, 3.63) is 248 Å². The molecule has 3 heterocycles. The molecule has 0 spiro atoms. The third kappa shape index (κ3) is 13.0. The van der Waals surface area contributed by atoms with E-state index in [1.807, 2.05) is 121 Å². The van der Waals surface area contributed by atoms with Crippen LogP contribution in [-0.2, 0) is 38.5 Å². The fraction of sp³-hybridized carbons (Fsp3) is 0.111. The number of aryl methyl sites for hydroxylation is 6. The number of aromatic nitrogens is 3. The van der Waals surface area contributed by atoms with Crippen molar-refractivity contribution >= 4 is 111 Å². The summed E-state index contributed by atoms with van der Waals surface area (Å²) in [5, 5.41) is 5.03. The Balaban J connectivity index is 0.000000152. The molecular weight excluding hydrogens is 1110 g/mol. The lowest BCUT2D eigenvalue weighted by molar-refractivity contribution is 0.101. The number of carbonyl (C=O) groups excluding carboxylic acids is 2. The largest absolute Gasteiger partial charge is 0.412 e. The molecule has 0 bridgehead atoms. The maximum absolute atomic E-state index is 12.6. The number of halogens is 6. The number of nitrogens with zero attached hydrogens (tertiary/aromatic N) is 4. The molecule has 342 valence electrons. The van der Waals surface area contributed by atoms with Crippen LogP contribution < -0.4 is 5.32 Å². The number of para-hydroxylation sites is 2. The van der Waals surface area contributed by atoms with Crippen LogP contribution in [0.5, 0.6) is 0 Å². The fourth-order valence-corrected chi connectivity index (χ4v) is 9.59. The maximum Gasteiger partial charge on any atom is 0.274 e. The summed E-state index contributed by atoms with van der Waals surface area (Å²) in [4.78, 5) is 43.2. The van der Waals surface area contributed by atoms with E-state index in [9.17, 15) is 9.59 Å². The Morgan fingerprint density at radius 1 is 0.559 bits per heavy atom. The minimum atomic E-state index is -0.209. The van der Waals surface area contributed by atoms with E-state index in [1.54, 1.807) is 24.5 Å². The normalized spacial score (nSPS) is 12.7. The molecule has 0 atom stereocenters. The predicted octanol–water partition coefficient (Wildman–Crippen LogP) is 14.3. The van der Waals surface area contributed by atoms with Gasteiger partial charge < -0.3 is 10.8 Å². The number of carbonyl (C=O) groups is 2. The highest BCUT2D eigenvalue weighted by Gasteiger charge is 2.24. The summed E-state index contributed by atoms with van der Waals surface area (Å²) in [6.07, 6.45) is 10.1. The lowest BCUT2D eigenvalue weighted by Gasteiger charge is -2.10. The summed E-state index contributed by atoms with van der Waals surface area (Å²) in [5.74, 6) is -0.221. The lowest BCUT2D eigenvalue weighted by atomic mass is 10.0. The number of amides is 1. The van der Waals surface area contributed by atoms with Gasteiger partial charge in [-0.15, -0.1) is 0 Å². The Morgan fingerprint density at radius 2 is 1.10 bits per heavy atom. The number of rotatable bonds is 6. The number of aliphatic imine (C=N–C) groups is 1. The third-order valence-electron chi connectivity index (χ3n) is 11.0. The summed E-state index contributed by atoms with van der Waals surface area (Å²) in [6, 6.07) is 44.6. The molecule has 0 aliphatic heterocycles. The minimum absolute atomic E-state index is 0. The Morgan fingerprint density at radius 3 is 1.76 bits per heavy atom. The second-order valence-electron chi connectivity index (χ2n) is 15.7. The summed E-state index contributed by atoms with van der Waals surface area (Å²) >= 11 is 28.6. The van der Waals surface area contributed by atoms with E-state index in [4.69, 9.17) is 39.8 Å². The first-order valence-electron chi connectivity index (χ1n) is 21.3. The van der Waals surface area contributed by atoms with Gasteiger partial charge >= 0.3 is 0 Å². The number of fused-ring (bicyclic) bond motifs is 4. The SMILES string of the molecule is Clc1ccc2c(c1)CCc1cc(Br)cnc1C2=Nc1ccccc1.O.O=C(Nc1ccccc1)c1ncc(Br)cc1CCc1cccc(Cl)c1.O=C1c2ccc(Cl)cc2CCc2cc(Br)cnc21. The average molecular weight is 1150 g/mol. The summed E-state index contributed by atoms with van der Waals surface area (Å²) in [7, 11) is 0. The van der Waals surface area contributed by atoms with Crippen molar-refractivity contribution in [2.75, 3.05) is 5.32 Å². The quantitative estimate of drug-likeness (QED) is 0.177. The number of hydrogen-bond donors (Lipinski definition) is 1. The molecule has 3 N–H and O–H groups in total. The average Bonchev–Trinajstić information content (AvgIpc) is 3.55. The number of hydrogen-bond acceptors (Lipinski definition) is 6. The van der Waals surface area contributed by atoms with E-state index in [1.165, 1.54) is 11.1 Å². The van der Waals surface area contributed by atoms with Gasteiger partial charge in [0.05, 0.1) is 17.1 Å². The van der Waals surface area contributed by atoms with Gasteiger partial charge in [0.25, 0.3) is 5.91 Å².